The first-order valence-corrected chi connectivity index (χ1v) is 12.2. The predicted octanol–water partition coefficient (Wildman–Crippen LogP) is 8.11. The molecule has 0 fully saturated rings. The maximum atomic E-state index is 13.7. The zero-order valence-corrected chi connectivity index (χ0v) is 21.4. The fraction of sp³-hybridized carbons (Fsp3) is 0.333. The monoisotopic (exact) mass is 632 g/mol. The number of aliphatic hydroxyl groups excluding tert-OH is 1. The van der Waals surface area contributed by atoms with Crippen LogP contribution >= 0.6 is 0 Å². The van der Waals surface area contributed by atoms with Crippen LogP contribution in [-0.2, 0) is 18.9 Å². The third kappa shape index (κ3) is 7.77. The number of para-hydroxylation sites is 2. The van der Waals surface area contributed by atoms with E-state index in [9.17, 15) is 57.8 Å². The van der Waals surface area contributed by atoms with E-state index in [1.54, 1.807) is 0 Å². The maximum absolute atomic E-state index is 13.7. The SMILES string of the molecule is O[C@H](CN1c2ccccc2N(Cc2cccc(OC(F)(F)F)c2)C[C@H]1c1cc(C(F)(F)F)cc(C(F)(F)F)c1)C(F)(F)F. The van der Waals surface area contributed by atoms with Crippen molar-refractivity contribution in [1.82, 2.24) is 0 Å². The van der Waals surface area contributed by atoms with Gasteiger partial charge in [0.05, 0.1) is 35.1 Å². The molecule has 0 saturated carbocycles. The minimum absolute atomic E-state index is 0.0734. The van der Waals surface area contributed by atoms with Gasteiger partial charge in [-0.25, -0.2) is 0 Å². The average Bonchev–Trinajstić information content (AvgIpc) is 2.87. The van der Waals surface area contributed by atoms with Gasteiger partial charge in [0.25, 0.3) is 0 Å². The summed E-state index contributed by atoms with van der Waals surface area (Å²) in [4.78, 5) is 2.25. The van der Waals surface area contributed by atoms with E-state index in [0.717, 1.165) is 17.0 Å². The van der Waals surface area contributed by atoms with Crippen LogP contribution in [0.1, 0.15) is 28.3 Å². The Morgan fingerprint density at radius 1 is 0.744 bits per heavy atom. The lowest BCUT2D eigenvalue weighted by molar-refractivity contribution is -0.274. The van der Waals surface area contributed by atoms with Gasteiger partial charge in [0, 0.05) is 13.1 Å². The number of fused-ring (bicyclic) bond motifs is 1. The first kappa shape index (κ1) is 32.1. The second-order valence-corrected chi connectivity index (χ2v) is 9.63. The summed E-state index contributed by atoms with van der Waals surface area (Å²) >= 11 is 0. The Labute approximate surface area is 235 Å². The van der Waals surface area contributed by atoms with Gasteiger partial charge in [-0.05, 0) is 53.6 Å². The van der Waals surface area contributed by atoms with Crippen molar-refractivity contribution in [3.63, 3.8) is 0 Å². The summed E-state index contributed by atoms with van der Waals surface area (Å²) in [5.41, 5.74) is -3.77. The third-order valence-electron chi connectivity index (χ3n) is 6.55. The van der Waals surface area contributed by atoms with Crippen LogP contribution in [-0.4, -0.2) is 36.8 Å². The van der Waals surface area contributed by atoms with E-state index in [-0.39, 0.29) is 29.5 Å². The van der Waals surface area contributed by atoms with E-state index in [1.807, 2.05) is 0 Å². The molecule has 3 aromatic rings. The van der Waals surface area contributed by atoms with Crippen LogP contribution in [0.5, 0.6) is 5.75 Å². The topological polar surface area (TPSA) is 35.9 Å². The normalized spacial score (nSPS) is 17.1. The Morgan fingerprint density at radius 3 is 1.86 bits per heavy atom. The summed E-state index contributed by atoms with van der Waals surface area (Å²) in [5.74, 6) is -0.602. The molecule has 234 valence electrons. The van der Waals surface area contributed by atoms with Crippen molar-refractivity contribution in [3.8, 4) is 5.75 Å². The lowest BCUT2D eigenvalue weighted by atomic mass is 9.94. The van der Waals surface area contributed by atoms with Crippen molar-refractivity contribution in [2.24, 2.45) is 0 Å². The summed E-state index contributed by atoms with van der Waals surface area (Å²) in [6, 6.07) is 9.14. The molecule has 3 aromatic carbocycles. The Hall–Kier alpha value is -3.82. The quantitative estimate of drug-likeness (QED) is 0.279. The molecule has 1 aliphatic heterocycles. The van der Waals surface area contributed by atoms with E-state index in [1.165, 1.54) is 41.3 Å². The highest BCUT2D eigenvalue weighted by Gasteiger charge is 2.44. The molecule has 1 N–H and O–H groups in total. The summed E-state index contributed by atoms with van der Waals surface area (Å²) in [5, 5.41) is 9.87. The molecule has 0 amide bonds. The summed E-state index contributed by atoms with van der Waals surface area (Å²) in [6.45, 7) is -2.01. The first-order valence-electron chi connectivity index (χ1n) is 12.2. The van der Waals surface area contributed by atoms with Gasteiger partial charge in [-0.3, -0.25) is 0 Å². The molecule has 1 aliphatic rings. The molecule has 0 unspecified atom stereocenters. The molecular formula is C27H20F12N2O2. The number of hydrogen-bond donors (Lipinski definition) is 1. The molecule has 4 nitrogen and oxygen atoms in total. The zero-order valence-electron chi connectivity index (χ0n) is 21.4. The molecule has 0 saturated heterocycles. The number of anilines is 2. The molecular weight excluding hydrogens is 612 g/mol. The Balaban J connectivity index is 1.85. The number of alkyl halides is 12. The van der Waals surface area contributed by atoms with E-state index < -0.39 is 72.6 Å². The van der Waals surface area contributed by atoms with Crippen molar-refractivity contribution in [1.29, 1.82) is 0 Å². The summed E-state index contributed by atoms with van der Waals surface area (Å²) in [7, 11) is 0. The smallest absolute Gasteiger partial charge is 0.406 e. The van der Waals surface area contributed by atoms with Gasteiger partial charge in [0.15, 0.2) is 6.10 Å². The zero-order chi connectivity index (χ0) is 32.0. The lowest BCUT2D eigenvalue weighted by Gasteiger charge is -2.46. The second-order valence-electron chi connectivity index (χ2n) is 9.63. The number of hydrogen-bond acceptors (Lipinski definition) is 4. The summed E-state index contributed by atoms with van der Waals surface area (Å²) < 4.78 is 164. The number of benzene rings is 3. The maximum Gasteiger partial charge on any atom is 0.573 e. The van der Waals surface area contributed by atoms with Gasteiger partial charge in [0.1, 0.15) is 5.75 Å². The molecule has 2 atom stereocenters. The molecule has 0 spiro atoms. The van der Waals surface area contributed by atoms with Crippen LogP contribution < -0.4 is 14.5 Å². The van der Waals surface area contributed by atoms with Crippen LogP contribution in [0.2, 0.25) is 0 Å². The first-order chi connectivity index (χ1) is 19.7. The fourth-order valence-corrected chi connectivity index (χ4v) is 4.73. The van der Waals surface area contributed by atoms with Gasteiger partial charge in [-0.1, -0.05) is 24.3 Å². The molecule has 4 rings (SSSR count). The van der Waals surface area contributed by atoms with Crippen LogP contribution in [0.15, 0.2) is 66.7 Å². The van der Waals surface area contributed by atoms with Crippen molar-refractivity contribution >= 4 is 11.4 Å². The van der Waals surface area contributed by atoms with Crippen LogP contribution in [0.25, 0.3) is 0 Å². The minimum atomic E-state index is -5.25. The summed E-state index contributed by atoms with van der Waals surface area (Å²) in [6.07, 6.45) is -23.7. The number of halogens is 12. The number of ether oxygens (including phenoxy) is 1. The van der Waals surface area contributed by atoms with E-state index in [2.05, 4.69) is 4.74 Å². The van der Waals surface area contributed by atoms with Gasteiger partial charge in [0.2, 0.25) is 0 Å². The minimum Gasteiger partial charge on any atom is -0.406 e. The highest BCUT2D eigenvalue weighted by atomic mass is 19.4. The van der Waals surface area contributed by atoms with E-state index in [4.69, 9.17) is 0 Å². The molecule has 0 radical (unpaired) electrons. The highest BCUT2D eigenvalue weighted by molar-refractivity contribution is 5.75. The molecule has 1 heterocycles. The third-order valence-corrected chi connectivity index (χ3v) is 6.55. The van der Waals surface area contributed by atoms with Crippen molar-refractivity contribution in [3.05, 3.63) is 89.0 Å². The van der Waals surface area contributed by atoms with E-state index >= 15 is 0 Å². The Morgan fingerprint density at radius 2 is 1.33 bits per heavy atom. The number of β-amino-alcohol motifs (C(OH)–C–C–N with tert-alkyl or cyclic N) is 1. The van der Waals surface area contributed by atoms with Gasteiger partial charge in [-0.2, -0.15) is 39.5 Å². The highest BCUT2D eigenvalue weighted by Crippen LogP contribution is 2.45. The fourth-order valence-electron chi connectivity index (χ4n) is 4.73. The molecule has 0 bridgehead atoms. The average molecular weight is 632 g/mol. The van der Waals surface area contributed by atoms with Crippen molar-refractivity contribution in [2.75, 3.05) is 22.9 Å². The van der Waals surface area contributed by atoms with E-state index in [0.29, 0.717) is 12.1 Å². The lowest BCUT2D eigenvalue weighted by Crippen LogP contribution is -2.49. The van der Waals surface area contributed by atoms with Crippen LogP contribution in [0.4, 0.5) is 64.1 Å². The van der Waals surface area contributed by atoms with Crippen molar-refractivity contribution in [2.45, 2.75) is 43.6 Å². The van der Waals surface area contributed by atoms with Crippen LogP contribution in [0.3, 0.4) is 0 Å². The molecule has 43 heavy (non-hydrogen) atoms. The van der Waals surface area contributed by atoms with Gasteiger partial charge in [-0.15, -0.1) is 13.2 Å². The Kier molecular flexibility index (Phi) is 8.48. The molecule has 0 aliphatic carbocycles. The van der Waals surface area contributed by atoms with Gasteiger partial charge < -0.3 is 19.6 Å². The number of rotatable bonds is 6. The van der Waals surface area contributed by atoms with Crippen molar-refractivity contribution < 1.29 is 62.5 Å². The predicted molar refractivity (Wildman–Crippen MR) is 129 cm³/mol. The van der Waals surface area contributed by atoms with Gasteiger partial charge >= 0.3 is 24.9 Å². The molecule has 16 heteroatoms. The number of aliphatic hydroxyl groups is 1. The molecule has 0 aromatic heterocycles. The number of nitrogens with zero attached hydrogens (tertiary/aromatic N) is 2. The van der Waals surface area contributed by atoms with Crippen LogP contribution in [0, 0.1) is 0 Å². The Bertz CT molecular complexity index is 1400. The standard InChI is InChI=1S/C27H20F12N2O2/c28-24(29,30)17-9-16(10-18(11-17)25(31,32)33)22-13-40(12-15-4-3-5-19(8-15)43-27(37,38)39)20-6-1-2-7-21(20)41(22)14-23(42)26(34,35)36/h1-11,22-23,42H,12-14H2/t22-,23+/m0/s1. The largest absolute Gasteiger partial charge is 0.573 e. The second kappa shape index (κ2) is 11.4.